The Hall–Kier alpha value is -1.18. The summed E-state index contributed by atoms with van der Waals surface area (Å²) in [6.07, 6.45) is -11.7. The van der Waals surface area contributed by atoms with Crippen molar-refractivity contribution in [3.05, 3.63) is 35.9 Å². The summed E-state index contributed by atoms with van der Waals surface area (Å²) in [7, 11) is 0. The molecule has 0 aliphatic carbocycles. The van der Waals surface area contributed by atoms with E-state index in [9.17, 15) is 30.6 Å². The van der Waals surface area contributed by atoms with E-state index >= 15 is 0 Å². The third kappa shape index (κ3) is 5.30. The summed E-state index contributed by atoms with van der Waals surface area (Å²) in [5.41, 5.74) is 1.02. The number of hydrogen-bond donors (Lipinski definition) is 6. The molecular formula is C19H28O10. The van der Waals surface area contributed by atoms with Crippen LogP contribution >= 0.6 is 0 Å². The molecule has 6 N–H and O–H groups in total. The normalized spacial score (nSPS) is 40.7. The zero-order valence-corrected chi connectivity index (χ0v) is 15.7. The zero-order valence-electron chi connectivity index (χ0n) is 15.7. The Balaban J connectivity index is 1.66. The van der Waals surface area contributed by atoms with E-state index in [2.05, 4.69) is 0 Å². The molecule has 2 saturated heterocycles. The average molecular weight is 416 g/mol. The van der Waals surface area contributed by atoms with E-state index in [1.54, 1.807) is 0 Å². The summed E-state index contributed by atoms with van der Waals surface area (Å²) in [4.78, 5) is 0. The summed E-state index contributed by atoms with van der Waals surface area (Å²) < 4.78 is 22.0. The molecule has 2 aliphatic rings. The van der Waals surface area contributed by atoms with E-state index in [0.29, 0.717) is 6.42 Å². The number of aliphatic hydroxyl groups is 6. The molecule has 0 aromatic heterocycles. The lowest BCUT2D eigenvalue weighted by Crippen LogP contribution is -2.63. The first-order valence-electron chi connectivity index (χ1n) is 9.51. The highest BCUT2D eigenvalue weighted by Crippen LogP contribution is 2.28. The van der Waals surface area contributed by atoms with Crippen LogP contribution in [0.1, 0.15) is 5.56 Å². The fourth-order valence-corrected chi connectivity index (χ4v) is 3.33. The van der Waals surface area contributed by atoms with Gasteiger partial charge in [-0.3, -0.25) is 0 Å². The number of benzene rings is 1. The van der Waals surface area contributed by atoms with Crippen LogP contribution in [0.3, 0.4) is 0 Å². The number of ether oxygens (including phenoxy) is 4. The Morgan fingerprint density at radius 2 is 1.62 bits per heavy atom. The van der Waals surface area contributed by atoms with Crippen LogP contribution in [0.25, 0.3) is 0 Å². The highest BCUT2D eigenvalue weighted by Gasteiger charge is 2.49. The Kier molecular flexibility index (Phi) is 7.93. The molecular weight excluding hydrogens is 388 g/mol. The van der Waals surface area contributed by atoms with Crippen molar-refractivity contribution in [3.8, 4) is 0 Å². The summed E-state index contributed by atoms with van der Waals surface area (Å²) in [6.45, 7) is -0.629. The maximum atomic E-state index is 10.5. The Morgan fingerprint density at radius 3 is 2.31 bits per heavy atom. The summed E-state index contributed by atoms with van der Waals surface area (Å²) in [6, 6.07) is 9.52. The Labute approximate surface area is 167 Å². The quantitative estimate of drug-likeness (QED) is 0.281. The van der Waals surface area contributed by atoms with Crippen molar-refractivity contribution in [1.82, 2.24) is 0 Å². The first kappa shape index (κ1) is 22.5. The van der Waals surface area contributed by atoms with Crippen molar-refractivity contribution in [2.24, 2.45) is 0 Å². The minimum Gasteiger partial charge on any atom is -0.394 e. The predicted molar refractivity (Wildman–Crippen MR) is 96.5 cm³/mol. The van der Waals surface area contributed by atoms with E-state index in [1.165, 1.54) is 0 Å². The van der Waals surface area contributed by atoms with Gasteiger partial charge >= 0.3 is 0 Å². The van der Waals surface area contributed by atoms with E-state index in [-0.39, 0.29) is 13.2 Å². The minimum absolute atomic E-state index is 0.199. The van der Waals surface area contributed by atoms with Gasteiger partial charge in [0.1, 0.15) is 42.7 Å². The molecule has 1 aromatic carbocycles. The second kappa shape index (κ2) is 10.2. The molecule has 0 radical (unpaired) electrons. The molecule has 1 aromatic rings. The average Bonchev–Trinajstić information content (AvgIpc) is 2.73. The van der Waals surface area contributed by atoms with Gasteiger partial charge in [-0.25, -0.2) is 0 Å². The lowest BCUT2D eigenvalue weighted by atomic mass is 9.98. The molecule has 10 heteroatoms. The summed E-state index contributed by atoms with van der Waals surface area (Å²) >= 11 is 0. The van der Waals surface area contributed by atoms with Gasteiger partial charge in [0.05, 0.1) is 19.8 Å². The van der Waals surface area contributed by atoms with Gasteiger partial charge in [0.15, 0.2) is 12.6 Å². The molecule has 2 fully saturated rings. The fourth-order valence-electron chi connectivity index (χ4n) is 3.33. The van der Waals surface area contributed by atoms with Crippen LogP contribution in [-0.2, 0) is 25.4 Å². The largest absolute Gasteiger partial charge is 0.394 e. The van der Waals surface area contributed by atoms with E-state index in [1.807, 2.05) is 30.3 Å². The zero-order chi connectivity index (χ0) is 21.0. The van der Waals surface area contributed by atoms with Gasteiger partial charge in [-0.05, 0) is 12.0 Å². The standard InChI is InChI=1S/C19H28O10/c20-8-12-14(23)15(24)17(29-18-16(25)13(22)11(21)9-27-18)19(28-12)26-7-6-10-4-2-1-3-5-10/h1-5,11-25H,6-9H2/t11-,12-,13+,14+,15+,16-,17-,18+,19-/m1/s1. The molecule has 0 amide bonds. The molecule has 0 spiro atoms. The van der Waals surface area contributed by atoms with Gasteiger partial charge in [0.2, 0.25) is 0 Å². The van der Waals surface area contributed by atoms with Crippen LogP contribution in [0.5, 0.6) is 0 Å². The maximum absolute atomic E-state index is 10.5. The molecule has 2 aliphatic heterocycles. The van der Waals surface area contributed by atoms with Crippen LogP contribution in [0.4, 0.5) is 0 Å². The molecule has 164 valence electrons. The molecule has 0 bridgehead atoms. The monoisotopic (exact) mass is 416 g/mol. The van der Waals surface area contributed by atoms with Gasteiger partial charge in [-0.2, -0.15) is 0 Å². The first-order chi connectivity index (χ1) is 13.9. The molecule has 0 saturated carbocycles. The van der Waals surface area contributed by atoms with Crippen LogP contribution in [0, 0.1) is 0 Å². The Morgan fingerprint density at radius 1 is 0.897 bits per heavy atom. The van der Waals surface area contributed by atoms with Crippen LogP contribution in [0.15, 0.2) is 30.3 Å². The van der Waals surface area contributed by atoms with Crippen LogP contribution in [0.2, 0.25) is 0 Å². The van der Waals surface area contributed by atoms with Crippen molar-refractivity contribution in [2.45, 2.75) is 61.7 Å². The fraction of sp³-hybridized carbons (Fsp3) is 0.684. The summed E-state index contributed by atoms with van der Waals surface area (Å²) in [5.74, 6) is 0. The van der Waals surface area contributed by atoms with E-state index in [4.69, 9.17) is 18.9 Å². The molecule has 2 heterocycles. The van der Waals surface area contributed by atoms with Gasteiger partial charge < -0.3 is 49.6 Å². The second-order valence-corrected chi connectivity index (χ2v) is 7.16. The van der Waals surface area contributed by atoms with Crippen molar-refractivity contribution in [2.75, 3.05) is 19.8 Å². The lowest BCUT2D eigenvalue weighted by molar-refractivity contribution is -0.356. The van der Waals surface area contributed by atoms with Crippen LogP contribution in [-0.4, -0.2) is 106 Å². The van der Waals surface area contributed by atoms with Crippen molar-refractivity contribution >= 4 is 0 Å². The second-order valence-electron chi connectivity index (χ2n) is 7.16. The maximum Gasteiger partial charge on any atom is 0.187 e. The van der Waals surface area contributed by atoms with Gasteiger partial charge in [0.25, 0.3) is 0 Å². The van der Waals surface area contributed by atoms with Crippen molar-refractivity contribution in [3.63, 3.8) is 0 Å². The molecule has 29 heavy (non-hydrogen) atoms. The molecule has 0 unspecified atom stereocenters. The van der Waals surface area contributed by atoms with E-state index < -0.39 is 61.9 Å². The molecule has 9 atom stereocenters. The highest BCUT2D eigenvalue weighted by molar-refractivity contribution is 5.14. The van der Waals surface area contributed by atoms with E-state index in [0.717, 1.165) is 5.56 Å². The van der Waals surface area contributed by atoms with Crippen molar-refractivity contribution in [1.29, 1.82) is 0 Å². The van der Waals surface area contributed by atoms with Crippen LogP contribution < -0.4 is 0 Å². The first-order valence-corrected chi connectivity index (χ1v) is 9.51. The highest BCUT2D eigenvalue weighted by atomic mass is 16.7. The number of aliphatic hydroxyl groups excluding tert-OH is 6. The predicted octanol–water partition coefficient (Wildman–Crippen LogP) is -2.49. The number of rotatable bonds is 7. The summed E-state index contributed by atoms with van der Waals surface area (Å²) in [5, 5.41) is 59.5. The SMILES string of the molecule is OC[C@H]1O[C@@H](OCCc2ccccc2)[C@H](O[C@@H]2OC[C@@H](O)[C@H](O)[C@H]2O)[C@@H](O)[C@H]1O. The van der Waals surface area contributed by atoms with Gasteiger partial charge in [-0.1, -0.05) is 30.3 Å². The number of hydrogen-bond acceptors (Lipinski definition) is 10. The van der Waals surface area contributed by atoms with Gasteiger partial charge in [0, 0.05) is 0 Å². The van der Waals surface area contributed by atoms with Crippen molar-refractivity contribution < 1.29 is 49.6 Å². The smallest absolute Gasteiger partial charge is 0.187 e. The minimum atomic E-state index is -1.58. The third-order valence-electron chi connectivity index (χ3n) is 5.09. The molecule has 3 rings (SSSR count). The Bertz CT molecular complexity index is 616. The van der Waals surface area contributed by atoms with Gasteiger partial charge in [-0.15, -0.1) is 0 Å². The topological polar surface area (TPSA) is 158 Å². The molecule has 10 nitrogen and oxygen atoms in total. The third-order valence-corrected chi connectivity index (χ3v) is 5.09. The lowest BCUT2D eigenvalue weighted by Gasteiger charge is -2.44.